The minimum Gasteiger partial charge on any atom is -0.493 e. The van der Waals surface area contributed by atoms with Crippen molar-refractivity contribution >= 4 is 5.84 Å². The van der Waals surface area contributed by atoms with E-state index in [0.29, 0.717) is 18.4 Å². The van der Waals surface area contributed by atoms with Gasteiger partial charge in [0.1, 0.15) is 5.75 Å². The lowest BCUT2D eigenvalue weighted by atomic mass is 9.92. The molecule has 110 valence electrons. The summed E-state index contributed by atoms with van der Waals surface area (Å²) < 4.78 is 5.72. The third kappa shape index (κ3) is 3.73. The Morgan fingerprint density at radius 1 is 1.45 bits per heavy atom. The molecule has 0 bridgehead atoms. The van der Waals surface area contributed by atoms with Gasteiger partial charge in [0.05, 0.1) is 12.4 Å². The van der Waals surface area contributed by atoms with E-state index in [9.17, 15) is 0 Å². The van der Waals surface area contributed by atoms with Crippen LogP contribution in [0.3, 0.4) is 0 Å². The minimum atomic E-state index is 0.267. The van der Waals surface area contributed by atoms with Crippen molar-refractivity contribution in [3.8, 4) is 5.75 Å². The van der Waals surface area contributed by atoms with Gasteiger partial charge in [-0.2, -0.15) is 0 Å². The Kier molecular flexibility index (Phi) is 5.01. The molecule has 0 aliphatic carbocycles. The predicted molar refractivity (Wildman–Crippen MR) is 82.5 cm³/mol. The van der Waals surface area contributed by atoms with Gasteiger partial charge in [-0.05, 0) is 31.9 Å². The third-order valence-corrected chi connectivity index (χ3v) is 3.94. The normalized spacial score (nSPS) is 17.9. The number of rotatable bonds is 6. The Morgan fingerprint density at radius 2 is 2.20 bits per heavy atom. The molecule has 1 aliphatic rings. The van der Waals surface area contributed by atoms with Crippen molar-refractivity contribution in [3.63, 3.8) is 0 Å². The maximum atomic E-state index is 7.40. The second kappa shape index (κ2) is 6.75. The summed E-state index contributed by atoms with van der Waals surface area (Å²) in [6.07, 6.45) is 1.70. The van der Waals surface area contributed by atoms with Gasteiger partial charge in [0.2, 0.25) is 0 Å². The van der Waals surface area contributed by atoms with Crippen LogP contribution >= 0.6 is 0 Å². The van der Waals surface area contributed by atoms with Crippen molar-refractivity contribution in [2.24, 2.45) is 5.73 Å². The molecular weight excluding hydrogens is 250 g/mol. The summed E-state index contributed by atoms with van der Waals surface area (Å²) in [5, 5.41) is 7.40. The fraction of sp³-hybridized carbons (Fsp3) is 0.562. The number of ether oxygens (including phenoxy) is 1. The first kappa shape index (κ1) is 14.9. The van der Waals surface area contributed by atoms with Crippen LogP contribution in [0, 0.1) is 5.41 Å². The zero-order chi connectivity index (χ0) is 14.5. The Morgan fingerprint density at radius 3 is 2.90 bits per heavy atom. The average Bonchev–Trinajstić information content (AvgIpc) is 2.43. The summed E-state index contributed by atoms with van der Waals surface area (Å²) in [6, 6.07) is 8.79. The number of nitrogens with two attached hydrogens (primary N) is 1. The summed E-state index contributed by atoms with van der Waals surface area (Å²) >= 11 is 0. The molecule has 1 unspecified atom stereocenters. The van der Waals surface area contributed by atoms with Crippen LogP contribution in [0.4, 0.5) is 0 Å². The molecule has 0 saturated heterocycles. The van der Waals surface area contributed by atoms with Crippen molar-refractivity contribution in [1.29, 1.82) is 5.41 Å². The number of para-hydroxylation sites is 1. The highest BCUT2D eigenvalue weighted by Crippen LogP contribution is 2.34. The van der Waals surface area contributed by atoms with Gasteiger partial charge in [-0.25, -0.2) is 0 Å². The first-order valence-corrected chi connectivity index (χ1v) is 7.36. The fourth-order valence-corrected chi connectivity index (χ4v) is 2.71. The summed E-state index contributed by atoms with van der Waals surface area (Å²) in [4.78, 5) is 2.41. The van der Waals surface area contributed by atoms with Crippen LogP contribution in [0.2, 0.25) is 0 Å². The molecule has 4 nitrogen and oxygen atoms in total. The Balaban J connectivity index is 2.05. The number of nitrogens with one attached hydrogen (secondary N) is 1. The molecule has 1 heterocycles. The molecule has 0 amide bonds. The summed E-state index contributed by atoms with van der Waals surface area (Å²) in [5.41, 5.74) is 6.80. The van der Waals surface area contributed by atoms with Crippen molar-refractivity contribution in [2.75, 3.05) is 19.7 Å². The van der Waals surface area contributed by atoms with Crippen molar-refractivity contribution < 1.29 is 4.74 Å². The quantitative estimate of drug-likeness (QED) is 0.619. The lowest BCUT2D eigenvalue weighted by Gasteiger charge is -2.33. The maximum absolute atomic E-state index is 7.40. The van der Waals surface area contributed by atoms with Crippen molar-refractivity contribution in [1.82, 2.24) is 4.90 Å². The molecule has 1 aromatic carbocycles. The van der Waals surface area contributed by atoms with Gasteiger partial charge >= 0.3 is 0 Å². The molecule has 0 radical (unpaired) electrons. The van der Waals surface area contributed by atoms with Crippen LogP contribution in [-0.2, 0) is 0 Å². The SMILES string of the molecule is CC(C)N(CCC(=N)N)CC1CCOc2ccccc21. The first-order chi connectivity index (χ1) is 9.58. The Hall–Kier alpha value is -1.55. The van der Waals surface area contributed by atoms with E-state index in [4.69, 9.17) is 15.9 Å². The monoisotopic (exact) mass is 275 g/mol. The first-order valence-electron chi connectivity index (χ1n) is 7.36. The molecule has 20 heavy (non-hydrogen) atoms. The zero-order valence-corrected chi connectivity index (χ0v) is 12.4. The van der Waals surface area contributed by atoms with Crippen LogP contribution in [0.15, 0.2) is 24.3 Å². The topological polar surface area (TPSA) is 62.3 Å². The highest BCUT2D eigenvalue weighted by molar-refractivity contribution is 5.76. The van der Waals surface area contributed by atoms with Gasteiger partial charge in [-0.15, -0.1) is 0 Å². The number of nitrogens with zero attached hydrogens (tertiary/aromatic N) is 1. The molecule has 3 N–H and O–H groups in total. The van der Waals surface area contributed by atoms with Crippen molar-refractivity contribution in [2.45, 2.75) is 38.6 Å². The molecule has 0 saturated carbocycles. The maximum Gasteiger partial charge on any atom is 0.122 e. The van der Waals surface area contributed by atoms with E-state index in [1.165, 1.54) is 5.56 Å². The van der Waals surface area contributed by atoms with Gasteiger partial charge < -0.3 is 10.5 Å². The molecule has 1 aromatic rings. The zero-order valence-electron chi connectivity index (χ0n) is 12.4. The molecule has 2 rings (SSSR count). The van der Waals surface area contributed by atoms with Gasteiger partial charge in [-0.3, -0.25) is 10.3 Å². The third-order valence-electron chi connectivity index (χ3n) is 3.94. The fourth-order valence-electron chi connectivity index (χ4n) is 2.71. The van der Waals surface area contributed by atoms with Gasteiger partial charge in [0.25, 0.3) is 0 Å². The Bertz CT molecular complexity index is 459. The lowest BCUT2D eigenvalue weighted by molar-refractivity contribution is 0.185. The standard InChI is InChI=1S/C16H25N3O/c1-12(2)19(9-7-16(17)18)11-13-8-10-20-15-6-4-3-5-14(13)15/h3-6,12-13H,7-11H2,1-2H3,(H3,17,18). The summed E-state index contributed by atoms with van der Waals surface area (Å²) in [7, 11) is 0. The van der Waals surface area contributed by atoms with E-state index in [-0.39, 0.29) is 5.84 Å². The van der Waals surface area contributed by atoms with Crippen LogP contribution in [0.5, 0.6) is 5.75 Å². The van der Waals surface area contributed by atoms with E-state index in [0.717, 1.165) is 31.9 Å². The van der Waals surface area contributed by atoms with E-state index in [2.05, 4.69) is 36.9 Å². The molecule has 0 spiro atoms. The second-order valence-electron chi connectivity index (χ2n) is 5.74. The highest BCUT2D eigenvalue weighted by atomic mass is 16.5. The molecule has 1 atom stereocenters. The Labute approximate surface area is 121 Å². The van der Waals surface area contributed by atoms with Crippen molar-refractivity contribution in [3.05, 3.63) is 29.8 Å². The largest absolute Gasteiger partial charge is 0.493 e. The van der Waals surface area contributed by atoms with E-state index >= 15 is 0 Å². The summed E-state index contributed by atoms with van der Waals surface area (Å²) in [5.74, 6) is 1.80. The average molecular weight is 275 g/mol. The predicted octanol–water partition coefficient (Wildman–Crippen LogP) is 2.59. The summed E-state index contributed by atoms with van der Waals surface area (Å²) in [6.45, 7) is 7.05. The number of amidine groups is 1. The molecule has 0 fully saturated rings. The van der Waals surface area contributed by atoms with E-state index < -0.39 is 0 Å². The van der Waals surface area contributed by atoms with Crippen LogP contribution < -0.4 is 10.5 Å². The number of fused-ring (bicyclic) bond motifs is 1. The second-order valence-corrected chi connectivity index (χ2v) is 5.74. The number of benzene rings is 1. The van der Waals surface area contributed by atoms with Gasteiger partial charge in [0, 0.05) is 31.5 Å². The smallest absolute Gasteiger partial charge is 0.122 e. The van der Waals surface area contributed by atoms with E-state index in [1.54, 1.807) is 0 Å². The molecule has 1 aliphatic heterocycles. The highest BCUT2D eigenvalue weighted by Gasteiger charge is 2.24. The molecular formula is C16H25N3O. The van der Waals surface area contributed by atoms with Crippen LogP contribution in [-0.4, -0.2) is 36.5 Å². The minimum absolute atomic E-state index is 0.267. The van der Waals surface area contributed by atoms with Crippen LogP contribution in [0.25, 0.3) is 0 Å². The number of hydrogen-bond donors (Lipinski definition) is 2. The van der Waals surface area contributed by atoms with E-state index in [1.807, 2.05) is 6.07 Å². The van der Waals surface area contributed by atoms with Crippen LogP contribution in [0.1, 0.15) is 38.2 Å². The lowest BCUT2D eigenvalue weighted by Crippen LogP contribution is -2.38. The molecule has 4 heteroatoms. The van der Waals surface area contributed by atoms with Gasteiger partial charge in [-0.1, -0.05) is 18.2 Å². The molecule has 0 aromatic heterocycles. The number of hydrogen-bond acceptors (Lipinski definition) is 3. The van der Waals surface area contributed by atoms with Gasteiger partial charge in [0.15, 0.2) is 0 Å².